The van der Waals surface area contributed by atoms with Crippen molar-refractivity contribution in [2.75, 3.05) is 0 Å². The van der Waals surface area contributed by atoms with Crippen LogP contribution in [-0.2, 0) is 13.0 Å². The molecule has 0 atom stereocenters. The molecule has 1 aromatic carbocycles. The Morgan fingerprint density at radius 1 is 1.17 bits per heavy atom. The van der Waals surface area contributed by atoms with E-state index in [1.807, 2.05) is 0 Å². The van der Waals surface area contributed by atoms with Crippen molar-refractivity contribution in [3.05, 3.63) is 65.5 Å². The van der Waals surface area contributed by atoms with E-state index >= 15 is 0 Å². The van der Waals surface area contributed by atoms with Crippen LogP contribution in [0.5, 0.6) is 5.75 Å². The third-order valence-corrected chi connectivity index (χ3v) is 2.92. The molecule has 0 saturated heterocycles. The fourth-order valence-corrected chi connectivity index (χ4v) is 2.10. The molecular formula is C15H15NO2. The minimum Gasteiger partial charge on any atom is -0.508 e. The number of phenolic OH excluding ortho intramolecular Hbond substituents is 1. The lowest BCUT2D eigenvalue weighted by Crippen LogP contribution is -2.18. The SMILES string of the molecule is C=CCc1c(O)ccc2c1ccc(=O)n2CC=C. The summed E-state index contributed by atoms with van der Waals surface area (Å²) in [7, 11) is 0. The molecule has 0 spiro atoms. The highest BCUT2D eigenvalue weighted by Crippen LogP contribution is 2.26. The fraction of sp³-hybridized carbons (Fsp3) is 0.133. The summed E-state index contributed by atoms with van der Waals surface area (Å²) in [5.41, 5.74) is 1.52. The van der Waals surface area contributed by atoms with E-state index in [0.717, 1.165) is 16.5 Å². The molecule has 0 aliphatic heterocycles. The molecule has 0 unspecified atom stereocenters. The number of allylic oxidation sites excluding steroid dienone is 2. The second-order valence-electron chi connectivity index (χ2n) is 4.06. The third-order valence-electron chi connectivity index (χ3n) is 2.92. The van der Waals surface area contributed by atoms with Crippen molar-refractivity contribution in [3.8, 4) is 5.75 Å². The number of aromatic nitrogens is 1. The summed E-state index contributed by atoms with van der Waals surface area (Å²) in [6.07, 6.45) is 3.98. The standard InChI is InChI=1S/C15H15NO2/c1-3-5-12-11-6-9-15(18)16(10-4-2)13(11)7-8-14(12)17/h3-4,6-9,17H,1-2,5,10H2. The van der Waals surface area contributed by atoms with Crippen molar-refractivity contribution in [2.24, 2.45) is 0 Å². The number of rotatable bonds is 4. The van der Waals surface area contributed by atoms with Crippen LogP contribution in [0.4, 0.5) is 0 Å². The van der Waals surface area contributed by atoms with E-state index in [-0.39, 0.29) is 11.3 Å². The molecular weight excluding hydrogens is 226 g/mol. The van der Waals surface area contributed by atoms with Crippen LogP contribution in [0.1, 0.15) is 5.56 Å². The number of fused-ring (bicyclic) bond motifs is 1. The molecule has 3 heteroatoms. The van der Waals surface area contributed by atoms with Crippen LogP contribution in [0.2, 0.25) is 0 Å². The van der Waals surface area contributed by atoms with Crippen molar-refractivity contribution in [2.45, 2.75) is 13.0 Å². The zero-order valence-corrected chi connectivity index (χ0v) is 10.1. The summed E-state index contributed by atoms with van der Waals surface area (Å²) < 4.78 is 1.63. The predicted octanol–water partition coefficient (Wildman–Crippen LogP) is 2.62. The smallest absolute Gasteiger partial charge is 0.251 e. The highest BCUT2D eigenvalue weighted by molar-refractivity contribution is 5.85. The molecule has 1 N–H and O–H groups in total. The molecule has 0 amide bonds. The summed E-state index contributed by atoms with van der Waals surface area (Å²) in [6, 6.07) is 6.62. The van der Waals surface area contributed by atoms with Gasteiger partial charge < -0.3 is 9.67 Å². The summed E-state index contributed by atoms with van der Waals surface area (Å²) in [5, 5.41) is 10.7. The fourth-order valence-electron chi connectivity index (χ4n) is 2.10. The lowest BCUT2D eigenvalue weighted by molar-refractivity contribution is 0.471. The van der Waals surface area contributed by atoms with Gasteiger partial charge in [0.15, 0.2) is 0 Å². The summed E-state index contributed by atoms with van der Waals surface area (Å²) in [6.45, 7) is 7.79. The average Bonchev–Trinajstić information content (AvgIpc) is 2.36. The van der Waals surface area contributed by atoms with Gasteiger partial charge >= 0.3 is 0 Å². The van der Waals surface area contributed by atoms with E-state index in [0.29, 0.717) is 13.0 Å². The number of hydrogen-bond donors (Lipinski definition) is 1. The lowest BCUT2D eigenvalue weighted by atomic mass is 10.0. The van der Waals surface area contributed by atoms with Crippen LogP contribution < -0.4 is 5.56 Å². The Morgan fingerprint density at radius 2 is 1.94 bits per heavy atom. The van der Waals surface area contributed by atoms with E-state index in [1.54, 1.807) is 34.9 Å². The molecule has 0 bridgehead atoms. The topological polar surface area (TPSA) is 42.2 Å². The van der Waals surface area contributed by atoms with Crippen molar-refractivity contribution in [3.63, 3.8) is 0 Å². The molecule has 2 aromatic rings. The molecule has 1 heterocycles. The maximum atomic E-state index is 11.8. The van der Waals surface area contributed by atoms with Gasteiger partial charge in [-0.05, 0) is 24.6 Å². The highest BCUT2D eigenvalue weighted by Gasteiger charge is 2.09. The number of pyridine rings is 1. The van der Waals surface area contributed by atoms with Gasteiger partial charge in [-0.3, -0.25) is 4.79 Å². The summed E-state index contributed by atoms with van der Waals surface area (Å²) in [5.74, 6) is 0.228. The van der Waals surface area contributed by atoms with E-state index in [1.165, 1.54) is 6.07 Å². The van der Waals surface area contributed by atoms with Crippen LogP contribution in [0.3, 0.4) is 0 Å². The second kappa shape index (κ2) is 4.92. The Hall–Kier alpha value is -2.29. The Balaban J connectivity index is 2.83. The average molecular weight is 241 g/mol. The number of hydrogen-bond acceptors (Lipinski definition) is 2. The highest BCUT2D eigenvalue weighted by atomic mass is 16.3. The first-order chi connectivity index (χ1) is 8.69. The maximum absolute atomic E-state index is 11.8. The molecule has 92 valence electrons. The van der Waals surface area contributed by atoms with Crippen molar-refractivity contribution >= 4 is 10.9 Å². The molecule has 0 fully saturated rings. The number of nitrogens with zero attached hydrogens (tertiary/aromatic N) is 1. The van der Waals surface area contributed by atoms with E-state index in [2.05, 4.69) is 13.2 Å². The molecule has 2 rings (SSSR count). The van der Waals surface area contributed by atoms with E-state index in [4.69, 9.17) is 0 Å². The zero-order valence-electron chi connectivity index (χ0n) is 10.1. The van der Waals surface area contributed by atoms with Gasteiger partial charge in [0.1, 0.15) is 5.75 Å². The maximum Gasteiger partial charge on any atom is 0.251 e. The minimum absolute atomic E-state index is 0.0716. The summed E-state index contributed by atoms with van der Waals surface area (Å²) in [4.78, 5) is 11.8. The molecule has 3 nitrogen and oxygen atoms in total. The molecule has 18 heavy (non-hydrogen) atoms. The van der Waals surface area contributed by atoms with E-state index in [9.17, 15) is 9.90 Å². The Bertz CT molecular complexity index is 668. The molecule has 0 aliphatic carbocycles. The molecule has 1 aromatic heterocycles. The molecule has 0 aliphatic rings. The second-order valence-corrected chi connectivity index (χ2v) is 4.06. The Kier molecular flexibility index (Phi) is 3.33. The van der Waals surface area contributed by atoms with Crippen LogP contribution in [-0.4, -0.2) is 9.67 Å². The summed E-state index contributed by atoms with van der Waals surface area (Å²) >= 11 is 0. The third kappa shape index (κ3) is 1.95. The quantitative estimate of drug-likeness (QED) is 0.836. The van der Waals surface area contributed by atoms with Crippen LogP contribution in [0.15, 0.2) is 54.4 Å². The first-order valence-electron chi connectivity index (χ1n) is 5.75. The molecule has 0 saturated carbocycles. The normalized spacial score (nSPS) is 10.4. The van der Waals surface area contributed by atoms with Gasteiger partial charge in [0.2, 0.25) is 0 Å². The van der Waals surface area contributed by atoms with Gasteiger partial charge in [0, 0.05) is 23.6 Å². The van der Waals surface area contributed by atoms with Gasteiger partial charge in [0.25, 0.3) is 5.56 Å². The van der Waals surface area contributed by atoms with E-state index < -0.39 is 0 Å². The minimum atomic E-state index is -0.0716. The van der Waals surface area contributed by atoms with Gasteiger partial charge in [-0.2, -0.15) is 0 Å². The van der Waals surface area contributed by atoms with Gasteiger partial charge in [-0.25, -0.2) is 0 Å². The lowest BCUT2D eigenvalue weighted by Gasteiger charge is -2.11. The van der Waals surface area contributed by atoms with Gasteiger partial charge in [0.05, 0.1) is 5.52 Å². The van der Waals surface area contributed by atoms with Crippen molar-refractivity contribution in [1.29, 1.82) is 0 Å². The molecule has 0 radical (unpaired) electrons. The first kappa shape index (κ1) is 12.2. The van der Waals surface area contributed by atoms with Crippen molar-refractivity contribution in [1.82, 2.24) is 4.57 Å². The number of phenols is 1. The largest absolute Gasteiger partial charge is 0.508 e. The Labute approximate surface area is 105 Å². The van der Waals surface area contributed by atoms with Gasteiger partial charge in [-0.1, -0.05) is 12.2 Å². The van der Waals surface area contributed by atoms with Crippen LogP contribution >= 0.6 is 0 Å². The van der Waals surface area contributed by atoms with Crippen LogP contribution in [0.25, 0.3) is 10.9 Å². The van der Waals surface area contributed by atoms with Gasteiger partial charge in [-0.15, -0.1) is 13.2 Å². The zero-order chi connectivity index (χ0) is 13.1. The van der Waals surface area contributed by atoms with Crippen molar-refractivity contribution < 1.29 is 5.11 Å². The first-order valence-corrected chi connectivity index (χ1v) is 5.75. The predicted molar refractivity (Wildman–Crippen MR) is 74.0 cm³/mol. The number of aromatic hydroxyl groups is 1. The Morgan fingerprint density at radius 3 is 2.61 bits per heavy atom. The number of benzene rings is 1. The monoisotopic (exact) mass is 241 g/mol. The van der Waals surface area contributed by atoms with Crippen LogP contribution in [0, 0.1) is 0 Å².